The summed E-state index contributed by atoms with van der Waals surface area (Å²) in [6.07, 6.45) is 3.11. The molecule has 2 N–H and O–H groups in total. The van der Waals surface area contributed by atoms with Gasteiger partial charge in [-0.05, 0) is 49.1 Å². The lowest BCUT2D eigenvalue weighted by molar-refractivity contribution is -0.137. The Labute approximate surface area is 232 Å². The van der Waals surface area contributed by atoms with E-state index in [0.717, 1.165) is 49.3 Å². The van der Waals surface area contributed by atoms with Crippen molar-refractivity contribution in [3.05, 3.63) is 54.6 Å². The molecule has 0 aromatic heterocycles. The summed E-state index contributed by atoms with van der Waals surface area (Å²) in [4.78, 5) is 39.8. The Hall–Kier alpha value is -3.39. The smallest absolute Gasteiger partial charge is 0.411 e. The molecule has 2 amide bonds. The van der Waals surface area contributed by atoms with Gasteiger partial charge in [0.1, 0.15) is 6.10 Å². The van der Waals surface area contributed by atoms with Crippen molar-refractivity contribution < 1.29 is 24.2 Å². The molecule has 1 saturated carbocycles. The third-order valence-electron chi connectivity index (χ3n) is 7.51. The summed E-state index contributed by atoms with van der Waals surface area (Å²) in [6, 6.07) is 17.7. The molecule has 1 aliphatic heterocycles. The number of nitrogens with one attached hydrogen (secondary N) is 1. The lowest BCUT2D eigenvalue weighted by Gasteiger charge is -2.21. The molecule has 0 spiro atoms. The van der Waals surface area contributed by atoms with E-state index in [-0.39, 0.29) is 18.4 Å². The van der Waals surface area contributed by atoms with Crippen molar-refractivity contribution in [3.63, 3.8) is 0 Å². The number of anilines is 1. The minimum atomic E-state index is -0.796. The van der Waals surface area contributed by atoms with Gasteiger partial charge in [0.15, 0.2) is 0 Å². The zero-order valence-corrected chi connectivity index (χ0v) is 23.5. The van der Waals surface area contributed by atoms with E-state index < -0.39 is 12.1 Å². The number of benzene rings is 2. The summed E-state index contributed by atoms with van der Waals surface area (Å²) >= 11 is 0. The van der Waals surface area contributed by atoms with E-state index in [0.29, 0.717) is 37.6 Å². The van der Waals surface area contributed by atoms with Gasteiger partial charge in [0.2, 0.25) is 5.91 Å². The van der Waals surface area contributed by atoms with E-state index in [2.05, 4.69) is 10.2 Å². The van der Waals surface area contributed by atoms with Gasteiger partial charge in [-0.15, -0.1) is 0 Å². The molecule has 8 heteroatoms. The van der Waals surface area contributed by atoms with Gasteiger partial charge < -0.3 is 19.6 Å². The third-order valence-corrected chi connectivity index (χ3v) is 7.51. The SMILES string of the molecule is CC.CN(CCCCC(=O)O)C(=O)CCN1CC2CC(OC(=O)Nc3ccccc3-c3ccccc3)CC2C1. The molecule has 212 valence electrons. The normalized spacial score (nSPS) is 19.9. The number of hydrogen-bond donors (Lipinski definition) is 2. The van der Waals surface area contributed by atoms with Crippen LogP contribution in [0.1, 0.15) is 52.4 Å². The van der Waals surface area contributed by atoms with Crippen LogP contribution < -0.4 is 5.32 Å². The number of carboxylic acid groups (broad SMARTS) is 1. The van der Waals surface area contributed by atoms with Gasteiger partial charge in [-0.25, -0.2) is 4.79 Å². The van der Waals surface area contributed by atoms with E-state index >= 15 is 0 Å². The molecule has 2 aromatic carbocycles. The van der Waals surface area contributed by atoms with Crippen LogP contribution in [0.25, 0.3) is 11.1 Å². The fourth-order valence-electron chi connectivity index (χ4n) is 5.57. The number of likely N-dealkylation sites (tertiary alicyclic amines) is 1. The van der Waals surface area contributed by atoms with E-state index in [4.69, 9.17) is 9.84 Å². The van der Waals surface area contributed by atoms with Crippen molar-refractivity contribution in [1.29, 1.82) is 0 Å². The van der Waals surface area contributed by atoms with Gasteiger partial charge in [-0.1, -0.05) is 62.4 Å². The predicted octanol–water partition coefficient (Wildman–Crippen LogP) is 5.74. The van der Waals surface area contributed by atoms with Crippen LogP contribution in [-0.2, 0) is 14.3 Å². The number of amides is 2. The van der Waals surface area contributed by atoms with Crippen LogP contribution in [0, 0.1) is 11.8 Å². The molecule has 0 bridgehead atoms. The zero-order valence-electron chi connectivity index (χ0n) is 23.5. The Bertz CT molecular complexity index is 1060. The van der Waals surface area contributed by atoms with Gasteiger partial charge in [-0.3, -0.25) is 14.9 Å². The number of ether oxygens (including phenoxy) is 1. The van der Waals surface area contributed by atoms with Crippen LogP contribution in [0.2, 0.25) is 0 Å². The molecule has 2 fully saturated rings. The first-order valence-electron chi connectivity index (χ1n) is 14.2. The Balaban J connectivity index is 0.00000205. The van der Waals surface area contributed by atoms with E-state index in [1.165, 1.54) is 0 Å². The van der Waals surface area contributed by atoms with Crippen molar-refractivity contribution >= 4 is 23.7 Å². The van der Waals surface area contributed by atoms with Crippen LogP contribution in [0.15, 0.2) is 54.6 Å². The fourth-order valence-corrected chi connectivity index (χ4v) is 5.57. The number of aliphatic carboxylic acids is 1. The molecule has 2 atom stereocenters. The minimum Gasteiger partial charge on any atom is -0.481 e. The van der Waals surface area contributed by atoms with Crippen molar-refractivity contribution in [1.82, 2.24) is 9.80 Å². The summed E-state index contributed by atoms with van der Waals surface area (Å²) in [7, 11) is 1.78. The molecule has 2 unspecified atom stereocenters. The predicted molar refractivity (Wildman–Crippen MR) is 154 cm³/mol. The largest absolute Gasteiger partial charge is 0.481 e. The molecule has 2 aromatic rings. The maximum atomic E-state index is 12.7. The standard InChI is InChI=1S/C29H37N3O5.C2H6/c1-31(15-8-7-13-28(34)35)27(33)14-16-32-19-22-17-24(18-23(22)20-32)37-29(36)30-26-12-6-5-11-25(26)21-9-3-2-4-10-21;1-2/h2-6,9-12,22-24H,7-8,13-20H2,1H3,(H,30,36)(H,34,35);1-2H3. The molecular weight excluding hydrogens is 494 g/mol. The molecule has 8 nitrogen and oxygen atoms in total. The lowest BCUT2D eigenvalue weighted by Crippen LogP contribution is -2.33. The van der Waals surface area contributed by atoms with Crippen molar-refractivity contribution in [2.75, 3.05) is 38.5 Å². The molecule has 1 heterocycles. The van der Waals surface area contributed by atoms with Gasteiger partial charge in [0, 0.05) is 51.6 Å². The summed E-state index contributed by atoms with van der Waals surface area (Å²) in [6.45, 7) is 7.18. The Kier molecular flexibility index (Phi) is 11.8. The highest BCUT2D eigenvalue weighted by atomic mass is 16.6. The summed E-state index contributed by atoms with van der Waals surface area (Å²) < 4.78 is 5.80. The fraction of sp³-hybridized carbons (Fsp3) is 0.516. The van der Waals surface area contributed by atoms with Gasteiger partial charge in [0.25, 0.3) is 0 Å². The third kappa shape index (κ3) is 9.10. The zero-order chi connectivity index (χ0) is 28.2. The second-order valence-electron chi connectivity index (χ2n) is 10.2. The lowest BCUT2D eigenvalue weighted by atomic mass is 10.0. The number of nitrogens with zero attached hydrogens (tertiary/aromatic N) is 2. The first-order chi connectivity index (χ1) is 18.9. The number of carbonyl (C=O) groups excluding carboxylic acids is 2. The molecular formula is C31H43N3O5. The van der Waals surface area contributed by atoms with Crippen LogP contribution in [0.3, 0.4) is 0 Å². The first-order valence-corrected chi connectivity index (χ1v) is 14.2. The first kappa shape index (κ1) is 30.2. The highest BCUT2D eigenvalue weighted by Crippen LogP contribution is 2.39. The number of carbonyl (C=O) groups is 3. The highest BCUT2D eigenvalue weighted by Gasteiger charge is 2.42. The molecule has 1 aliphatic carbocycles. The summed E-state index contributed by atoms with van der Waals surface area (Å²) in [5.74, 6) is 0.271. The summed E-state index contributed by atoms with van der Waals surface area (Å²) in [5.41, 5.74) is 2.73. The quantitative estimate of drug-likeness (QED) is 0.355. The van der Waals surface area contributed by atoms with E-state index in [9.17, 15) is 14.4 Å². The number of rotatable bonds is 11. The van der Waals surface area contributed by atoms with E-state index in [1.807, 2.05) is 68.4 Å². The molecule has 39 heavy (non-hydrogen) atoms. The second-order valence-corrected chi connectivity index (χ2v) is 10.2. The highest BCUT2D eigenvalue weighted by molar-refractivity contribution is 5.91. The van der Waals surface area contributed by atoms with E-state index in [1.54, 1.807) is 11.9 Å². The molecule has 2 aliphatic rings. The van der Waals surface area contributed by atoms with Crippen LogP contribution in [0.5, 0.6) is 0 Å². The maximum absolute atomic E-state index is 12.7. The minimum absolute atomic E-state index is 0.0837. The Morgan fingerprint density at radius 2 is 1.59 bits per heavy atom. The average Bonchev–Trinajstić information content (AvgIpc) is 3.49. The Morgan fingerprint density at radius 3 is 2.26 bits per heavy atom. The van der Waals surface area contributed by atoms with Crippen LogP contribution in [-0.4, -0.2) is 72.2 Å². The van der Waals surface area contributed by atoms with Crippen LogP contribution >= 0.6 is 0 Å². The number of carboxylic acids is 1. The van der Waals surface area contributed by atoms with Gasteiger partial charge in [0.05, 0.1) is 5.69 Å². The Morgan fingerprint density at radius 1 is 0.949 bits per heavy atom. The monoisotopic (exact) mass is 537 g/mol. The molecule has 1 saturated heterocycles. The topological polar surface area (TPSA) is 99.2 Å². The van der Waals surface area contributed by atoms with Crippen molar-refractivity contribution in [2.45, 2.75) is 58.5 Å². The second kappa shape index (κ2) is 15.3. The van der Waals surface area contributed by atoms with Crippen molar-refractivity contribution in [3.8, 4) is 11.1 Å². The summed E-state index contributed by atoms with van der Waals surface area (Å²) in [5, 5.41) is 11.7. The van der Waals surface area contributed by atoms with Crippen molar-refractivity contribution in [2.24, 2.45) is 11.8 Å². The van der Waals surface area contributed by atoms with Gasteiger partial charge in [-0.2, -0.15) is 0 Å². The molecule has 0 radical (unpaired) electrons. The average molecular weight is 538 g/mol. The number of fused-ring (bicyclic) bond motifs is 1. The molecule has 4 rings (SSSR count). The van der Waals surface area contributed by atoms with Crippen LogP contribution in [0.4, 0.5) is 10.5 Å². The number of hydrogen-bond acceptors (Lipinski definition) is 5. The maximum Gasteiger partial charge on any atom is 0.411 e. The number of para-hydroxylation sites is 1. The number of unbranched alkanes of at least 4 members (excludes halogenated alkanes) is 1. The van der Waals surface area contributed by atoms with Gasteiger partial charge >= 0.3 is 12.1 Å².